The topological polar surface area (TPSA) is 61.8 Å². The lowest BCUT2D eigenvalue weighted by atomic mass is 10.2. The van der Waals surface area contributed by atoms with Crippen molar-refractivity contribution in [2.75, 3.05) is 11.9 Å². The quantitative estimate of drug-likeness (QED) is 0.931. The standard InChI is InChI=1S/C18H17N3O2S/c1-19-16(22)12-15-17(23)21(14-10-6-3-7-11-14)18(24-15)20-13-8-4-2-5-9-13/h2-11,15H,12H2,1H3,(H,19,22). The maximum atomic E-state index is 12.8. The van der Waals surface area contributed by atoms with Crippen molar-refractivity contribution in [3.05, 3.63) is 60.7 Å². The number of carbonyl (C=O) groups is 2. The molecule has 1 unspecified atom stereocenters. The SMILES string of the molecule is CNC(=O)CC1SC(=Nc2ccccc2)N(c2ccccc2)C1=O. The predicted octanol–water partition coefficient (Wildman–Crippen LogP) is 2.96. The molecule has 6 heteroatoms. The number of hydrogen-bond donors (Lipinski definition) is 1. The van der Waals surface area contributed by atoms with Gasteiger partial charge in [0.15, 0.2) is 5.17 Å². The molecular weight excluding hydrogens is 322 g/mol. The van der Waals surface area contributed by atoms with Crippen molar-refractivity contribution in [3.63, 3.8) is 0 Å². The van der Waals surface area contributed by atoms with Gasteiger partial charge in [0.2, 0.25) is 11.8 Å². The number of anilines is 1. The lowest BCUT2D eigenvalue weighted by Crippen LogP contribution is -2.34. The molecule has 0 aliphatic carbocycles. The second-order valence-electron chi connectivity index (χ2n) is 5.22. The van der Waals surface area contributed by atoms with Gasteiger partial charge < -0.3 is 5.32 Å². The zero-order valence-electron chi connectivity index (χ0n) is 13.2. The van der Waals surface area contributed by atoms with Gasteiger partial charge in [0.1, 0.15) is 5.25 Å². The molecule has 0 saturated carbocycles. The van der Waals surface area contributed by atoms with E-state index in [1.54, 1.807) is 11.9 Å². The highest BCUT2D eigenvalue weighted by Crippen LogP contribution is 2.34. The molecule has 0 bridgehead atoms. The van der Waals surface area contributed by atoms with Crippen molar-refractivity contribution < 1.29 is 9.59 Å². The molecule has 1 aliphatic rings. The number of hydrogen-bond acceptors (Lipinski definition) is 4. The van der Waals surface area contributed by atoms with Gasteiger partial charge in [0.05, 0.1) is 11.4 Å². The highest BCUT2D eigenvalue weighted by atomic mass is 32.2. The van der Waals surface area contributed by atoms with Gasteiger partial charge in [-0.05, 0) is 24.3 Å². The average molecular weight is 339 g/mol. The number of aliphatic imine (C=N–C) groups is 1. The Morgan fingerprint density at radius 3 is 2.38 bits per heavy atom. The Kier molecular flexibility index (Phi) is 4.96. The summed E-state index contributed by atoms with van der Waals surface area (Å²) in [4.78, 5) is 30.7. The van der Waals surface area contributed by atoms with Gasteiger partial charge in [-0.3, -0.25) is 14.5 Å². The molecular formula is C18H17N3O2S. The Balaban J connectivity index is 1.96. The Morgan fingerprint density at radius 2 is 1.75 bits per heavy atom. The van der Waals surface area contributed by atoms with Crippen LogP contribution in [0.5, 0.6) is 0 Å². The summed E-state index contributed by atoms with van der Waals surface area (Å²) in [5.41, 5.74) is 1.53. The third-order valence-corrected chi connectivity index (χ3v) is 4.72. The molecule has 1 fully saturated rings. The number of amides is 2. The van der Waals surface area contributed by atoms with Crippen LogP contribution < -0.4 is 10.2 Å². The minimum atomic E-state index is -0.465. The fourth-order valence-corrected chi connectivity index (χ4v) is 3.53. The maximum Gasteiger partial charge on any atom is 0.247 e. The van der Waals surface area contributed by atoms with Crippen LogP contribution in [-0.2, 0) is 9.59 Å². The largest absolute Gasteiger partial charge is 0.359 e. The molecule has 2 aromatic rings. The lowest BCUT2D eigenvalue weighted by Gasteiger charge is -2.16. The molecule has 2 amide bonds. The van der Waals surface area contributed by atoms with Crippen LogP contribution in [0.15, 0.2) is 65.7 Å². The molecule has 24 heavy (non-hydrogen) atoms. The Hall–Kier alpha value is -2.60. The zero-order valence-corrected chi connectivity index (χ0v) is 14.0. The fraction of sp³-hybridized carbons (Fsp3) is 0.167. The molecule has 1 atom stereocenters. The van der Waals surface area contributed by atoms with E-state index < -0.39 is 5.25 Å². The molecule has 3 rings (SSSR count). The summed E-state index contributed by atoms with van der Waals surface area (Å²) in [5.74, 6) is -0.278. The second kappa shape index (κ2) is 7.31. The number of benzene rings is 2. The Morgan fingerprint density at radius 1 is 1.12 bits per heavy atom. The first-order chi connectivity index (χ1) is 11.7. The third-order valence-electron chi connectivity index (χ3n) is 3.58. The van der Waals surface area contributed by atoms with Crippen LogP contribution in [0, 0.1) is 0 Å². The molecule has 1 N–H and O–H groups in total. The highest BCUT2D eigenvalue weighted by molar-refractivity contribution is 8.16. The smallest absolute Gasteiger partial charge is 0.247 e. The number of thioether (sulfide) groups is 1. The van der Waals surface area contributed by atoms with E-state index in [0.717, 1.165) is 11.4 Å². The zero-order chi connectivity index (χ0) is 16.9. The van der Waals surface area contributed by atoms with E-state index in [4.69, 9.17) is 0 Å². The minimum Gasteiger partial charge on any atom is -0.359 e. The number of rotatable bonds is 4. The fourth-order valence-electron chi connectivity index (χ4n) is 2.37. The van der Waals surface area contributed by atoms with E-state index in [9.17, 15) is 9.59 Å². The lowest BCUT2D eigenvalue weighted by molar-refractivity contribution is -0.123. The van der Waals surface area contributed by atoms with Gasteiger partial charge in [-0.25, -0.2) is 4.99 Å². The van der Waals surface area contributed by atoms with E-state index in [0.29, 0.717) is 5.17 Å². The van der Waals surface area contributed by atoms with E-state index >= 15 is 0 Å². The summed E-state index contributed by atoms with van der Waals surface area (Å²) in [6, 6.07) is 18.8. The summed E-state index contributed by atoms with van der Waals surface area (Å²) in [6.45, 7) is 0. The monoisotopic (exact) mass is 339 g/mol. The van der Waals surface area contributed by atoms with E-state index in [1.165, 1.54) is 11.8 Å². The number of nitrogens with zero attached hydrogens (tertiary/aromatic N) is 2. The second-order valence-corrected chi connectivity index (χ2v) is 6.39. The first-order valence-electron chi connectivity index (χ1n) is 7.59. The normalized spacial score (nSPS) is 18.9. The van der Waals surface area contributed by atoms with E-state index in [1.807, 2.05) is 60.7 Å². The van der Waals surface area contributed by atoms with Crippen molar-refractivity contribution in [1.29, 1.82) is 0 Å². The van der Waals surface area contributed by atoms with Gasteiger partial charge >= 0.3 is 0 Å². The van der Waals surface area contributed by atoms with Crippen LogP contribution in [0.2, 0.25) is 0 Å². The molecule has 0 spiro atoms. The predicted molar refractivity (Wildman–Crippen MR) is 97.5 cm³/mol. The van der Waals surface area contributed by atoms with Crippen LogP contribution in [0.4, 0.5) is 11.4 Å². The van der Waals surface area contributed by atoms with Crippen molar-refractivity contribution in [2.45, 2.75) is 11.7 Å². The van der Waals surface area contributed by atoms with Crippen LogP contribution in [0.3, 0.4) is 0 Å². The molecule has 5 nitrogen and oxygen atoms in total. The maximum absolute atomic E-state index is 12.8. The Labute approximate surface area is 144 Å². The molecule has 0 aromatic heterocycles. The van der Waals surface area contributed by atoms with Crippen LogP contribution in [0.1, 0.15) is 6.42 Å². The molecule has 1 aliphatic heterocycles. The van der Waals surface area contributed by atoms with Crippen LogP contribution in [-0.4, -0.2) is 29.3 Å². The number of amidine groups is 1. The van der Waals surface area contributed by atoms with Crippen molar-refractivity contribution >= 4 is 40.1 Å². The molecule has 1 heterocycles. The molecule has 122 valence electrons. The van der Waals surface area contributed by atoms with Gasteiger partial charge in [0.25, 0.3) is 0 Å². The first-order valence-corrected chi connectivity index (χ1v) is 8.47. The highest BCUT2D eigenvalue weighted by Gasteiger charge is 2.39. The van der Waals surface area contributed by atoms with Crippen molar-refractivity contribution in [1.82, 2.24) is 5.32 Å². The van der Waals surface area contributed by atoms with Gasteiger partial charge in [0, 0.05) is 13.5 Å². The number of nitrogens with one attached hydrogen (secondary N) is 1. The molecule has 0 radical (unpaired) electrons. The van der Waals surface area contributed by atoms with Gasteiger partial charge in [-0.1, -0.05) is 48.2 Å². The van der Waals surface area contributed by atoms with E-state index in [2.05, 4.69) is 10.3 Å². The average Bonchev–Trinajstić information content (AvgIpc) is 2.91. The Bertz CT molecular complexity index is 762. The van der Waals surface area contributed by atoms with E-state index in [-0.39, 0.29) is 18.2 Å². The molecule has 2 aromatic carbocycles. The van der Waals surface area contributed by atoms with Gasteiger partial charge in [-0.15, -0.1) is 0 Å². The van der Waals surface area contributed by atoms with Crippen LogP contribution >= 0.6 is 11.8 Å². The number of carbonyl (C=O) groups excluding carboxylic acids is 2. The number of para-hydroxylation sites is 2. The summed E-state index contributed by atoms with van der Waals surface area (Å²) >= 11 is 1.33. The summed E-state index contributed by atoms with van der Waals surface area (Å²) in [7, 11) is 1.57. The summed E-state index contributed by atoms with van der Waals surface area (Å²) in [6.07, 6.45) is 0.136. The third kappa shape index (κ3) is 3.49. The van der Waals surface area contributed by atoms with Crippen LogP contribution in [0.25, 0.3) is 0 Å². The summed E-state index contributed by atoms with van der Waals surface area (Å²) in [5, 5.41) is 2.69. The van der Waals surface area contributed by atoms with Crippen molar-refractivity contribution in [3.8, 4) is 0 Å². The van der Waals surface area contributed by atoms with Crippen molar-refractivity contribution in [2.24, 2.45) is 4.99 Å². The molecule has 1 saturated heterocycles. The van der Waals surface area contributed by atoms with Gasteiger partial charge in [-0.2, -0.15) is 0 Å². The summed E-state index contributed by atoms with van der Waals surface area (Å²) < 4.78 is 0. The minimum absolute atomic E-state index is 0.121. The first kappa shape index (κ1) is 16.3.